The van der Waals surface area contributed by atoms with Crippen molar-refractivity contribution < 1.29 is 13.9 Å². The van der Waals surface area contributed by atoms with E-state index in [1.54, 1.807) is 30.3 Å². The molecule has 0 atom stereocenters. The van der Waals surface area contributed by atoms with Crippen molar-refractivity contribution in [2.24, 2.45) is 0 Å². The minimum atomic E-state index is -0.431. The Morgan fingerprint density at radius 2 is 1.88 bits per heavy atom. The van der Waals surface area contributed by atoms with Crippen molar-refractivity contribution in [3.63, 3.8) is 0 Å². The van der Waals surface area contributed by atoms with Crippen molar-refractivity contribution in [3.8, 4) is 11.5 Å². The van der Waals surface area contributed by atoms with Gasteiger partial charge in [-0.3, -0.25) is 4.79 Å². The van der Waals surface area contributed by atoms with Gasteiger partial charge in [0.05, 0.1) is 5.56 Å². The highest BCUT2D eigenvalue weighted by Gasteiger charge is 2.11. The Morgan fingerprint density at radius 1 is 1.08 bits per heavy atom. The van der Waals surface area contributed by atoms with Crippen LogP contribution in [0.15, 0.2) is 66.9 Å². The Bertz CT molecular complexity index is 885. The zero-order valence-corrected chi connectivity index (χ0v) is 13.3. The number of para-hydroxylation sites is 1. The number of amides is 1. The Labute approximate surface area is 144 Å². The summed E-state index contributed by atoms with van der Waals surface area (Å²) in [6.45, 7) is 0.00495. The maximum atomic E-state index is 14.0. The number of hydrogen-bond donors (Lipinski definition) is 2. The van der Waals surface area contributed by atoms with Gasteiger partial charge in [0.2, 0.25) is 0 Å². The summed E-state index contributed by atoms with van der Waals surface area (Å²) in [5.74, 6) is 0.408. The maximum absolute atomic E-state index is 14.0. The van der Waals surface area contributed by atoms with E-state index >= 15 is 0 Å². The standard InChI is InChI=1S/C19H16FN3O2/c20-17-9-8-15(25-14-5-2-1-3-6-14)11-13(17)12-23-19(24)16-7-4-10-22-18(16)21/h1-11H,12H2,(H2,21,22)(H,23,24). The van der Waals surface area contributed by atoms with Crippen molar-refractivity contribution in [1.82, 2.24) is 10.3 Å². The molecule has 2 aromatic carbocycles. The molecule has 0 spiro atoms. The third-order valence-corrected chi connectivity index (χ3v) is 3.52. The van der Waals surface area contributed by atoms with E-state index in [9.17, 15) is 9.18 Å². The molecule has 1 amide bonds. The summed E-state index contributed by atoms with van der Waals surface area (Å²) in [6, 6.07) is 16.7. The quantitative estimate of drug-likeness (QED) is 0.747. The Hall–Kier alpha value is -3.41. The lowest BCUT2D eigenvalue weighted by atomic mass is 10.2. The summed E-state index contributed by atoms with van der Waals surface area (Å²) in [5, 5.41) is 2.63. The van der Waals surface area contributed by atoms with Gasteiger partial charge in [0.25, 0.3) is 5.91 Å². The van der Waals surface area contributed by atoms with Crippen LogP contribution in [-0.2, 0) is 6.54 Å². The maximum Gasteiger partial charge on any atom is 0.255 e. The smallest absolute Gasteiger partial charge is 0.255 e. The van der Waals surface area contributed by atoms with Crippen LogP contribution in [0, 0.1) is 5.82 Å². The van der Waals surface area contributed by atoms with Crippen molar-refractivity contribution in [2.75, 3.05) is 5.73 Å². The highest BCUT2D eigenvalue weighted by atomic mass is 19.1. The third-order valence-electron chi connectivity index (χ3n) is 3.52. The van der Waals surface area contributed by atoms with Crippen LogP contribution in [-0.4, -0.2) is 10.9 Å². The van der Waals surface area contributed by atoms with E-state index in [2.05, 4.69) is 10.3 Å². The summed E-state index contributed by atoms with van der Waals surface area (Å²) in [4.78, 5) is 16.0. The molecule has 0 aliphatic carbocycles. The van der Waals surface area contributed by atoms with Crippen molar-refractivity contribution in [1.29, 1.82) is 0 Å². The molecule has 0 bridgehead atoms. The number of nitrogens with one attached hydrogen (secondary N) is 1. The van der Waals surface area contributed by atoms with Crippen molar-refractivity contribution in [3.05, 3.63) is 83.8 Å². The predicted octanol–water partition coefficient (Wildman–Crippen LogP) is 3.53. The molecule has 6 heteroatoms. The van der Waals surface area contributed by atoms with Gasteiger partial charge in [-0.1, -0.05) is 18.2 Å². The van der Waals surface area contributed by atoms with Crippen LogP contribution in [0.25, 0.3) is 0 Å². The zero-order chi connectivity index (χ0) is 17.6. The van der Waals surface area contributed by atoms with Gasteiger partial charge >= 0.3 is 0 Å². The third kappa shape index (κ3) is 4.11. The van der Waals surface area contributed by atoms with Crippen molar-refractivity contribution >= 4 is 11.7 Å². The lowest BCUT2D eigenvalue weighted by Gasteiger charge is -2.10. The van der Waals surface area contributed by atoms with Crippen LogP contribution in [0.5, 0.6) is 11.5 Å². The molecule has 0 aliphatic rings. The molecule has 3 rings (SSSR count). The molecular formula is C19H16FN3O2. The molecule has 0 radical (unpaired) electrons. The molecule has 0 saturated heterocycles. The first-order chi connectivity index (χ1) is 12.1. The number of nitrogens with zero attached hydrogens (tertiary/aromatic N) is 1. The fourth-order valence-electron chi connectivity index (χ4n) is 2.25. The average Bonchev–Trinajstić information content (AvgIpc) is 2.63. The second-order valence-electron chi connectivity index (χ2n) is 5.29. The fourth-order valence-corrected chi connectivity index (χ4v) is 2.25. The summed E-state index contributed by atoms with van der Waals surface area (Å²) < 4.78 is 19.7. The van der Waals surface area contributed by atoms with E-state index < -0.39 is 11.7 Å². The molecule has 3 N–H and O–H groups in total. The topological polar surface area (TPSA) is 77.2 Å². The van der Waals surface area contributed by atoms with Gasteiger partial charge < -0.3 is 15.8 Å². The molecule has 0 fully saturated rings. The second-order valence-corrected chi connectivity index (χ2v) is 5.29. The number of carbonyl (C=O) groups excluding carboxylic acids is 1. The van der Waals surface area contributed by atoms with E-state index in [0.29, 0.717) is 17.1 Å². The predicted molar refractivity (Wildman–Crippen MR) is 92.7 cm³/mol. The number of nitrogens with two attached hydrogens (primary N) is 1. The number of rotatable bonds is 5. The number of ether oxygens (including phenoxy) is 1. The number of pyridine rings is 1. The largest absolute Gasteiger partial charge is 0.457 e. The van der Waals surface area contributed by atoms with E-state index in [4.69, 9.17) is 10.5 Å². The molecule has 1 aromatic heterocycles. The first-order valence-corrected chi connectivity index (χ1v) is 7.63. The Morgan fingerprint density at radius 3 is 2.64 bits per heavy atom. The van der Waals surface area contributed by atoms with Crippen LogP contribution >= 0.6 is 0 Å². The van der Waals surface area contributed by atoms with Gasteiger partial charge in [-0.2, -0.15) is 0 Å². The van der Waals surface area contributed by atoms with Crippen molar-refractivity contribution in [2.45, 2.75) is 6.54 Å². The minimum absolute atomic E-state index is 0.00495. The summed E-state index contributed by atoms with van der Waals surface area (Å²) in [5.41, 5.74) is 6.22. The van der Waals surface area contributed by atoms with Crippen LogP contribution in [0.1, 0.15) is 15.9 Å². The SMILES string of the molecule is Nc1ncccc1C(=O)NCc1cc(Oc2ccccc2)ccc1F. The highest BCUT2D eigenvalue weighted by molar-refractivity contribution is 5.98. The zero-order valence-electron chi connectivity index (χ0n) is 13.3. The molecule has 25 heavy (non-hydrogen) atoms. The number of anilines is 1. The monoisotopic (exact) mass is 337 g/mol. The van der Waals surface area contributed by atoms with Gasteiger partial charge in [-0.05, 0) is 42.5 Å². The van der Waals surface area contributed by atoms with E-state index in [1.807, 2.05) is 18.2 Å². The average molecular weight is 337 g/mol. The van der Waals surface area contributed by atoms with Gasteiger partial charge in [-0.25, -0.2) is 9.37 Å². The molecule has 1 heterocycles. The molecule has 0 aliphatic heterocycles. The summed E-state index contributed by atoms with van der Waals surface area (Å²) in [7, 11) is 0. The lowest BCUT2D eigenvalue weighted by molar-refractivity contribution is 0.0951. The Kier molecular flexibility index (Phi) is 4.89. The first kappa shape index (κ1) is 16.4. The number of hydrogen-bond acceptors (Lipinski definition) is 4. The highest BCUT2D eigenvalue weighted by Crippen LogP contribution is 2.23. The molecule has 0 unspecified atom stereocenters. The van der Waals surface area contributed by atoms with E-state index in [0.717, 1.165) is 0 Å². The van der Waals surface area contributed by atoms with Crippen LogP contribution in [0.2, 0.25) is 0 Å². The van der Waals surface area contributed by atoms with Crippen LogP contribution < -0.4 is 15.8 Å². The molecule has 3 aromatic rings. The van der Waals surface area contributed by atoms with Gasteiger partial charge in [0.15, 0.2) is 0 Å². The minimum Gasteiger partial charge on any atom is -0.457 e. The number of nitrogen functional groups attached to an aromatic ring is 1. The molecular weight excluding hydrogens is 321 g/mol. The van der Waals surface area contributed by atoms with Crippen LogP contribution in [0.3, 0.4) is 0 Å². The number of carbonyl (C=O) groups is 1. The van der Waals surface area contributed by atoms with Gasteiger partial charge in [-0.15, -0.1) is 0 Å². The van der Waals surface area contributed by atoms with Gasteiger partial charge in [0, 0.05) is 18.3 Å². The Balaban J connectivity index is 1.71. The number of halogens is 1. The van der Waals surface area contributed by atoms with E-state index in [1.165, 1.54) is 18.3 Å². The molecule has 5 nitrogen and oxygen atoms in total. The van der Waals surface area contributed by atoms with E-state index in [-0.39, 0.29) is 17.9 Å². The second kappa shape index (κ2) is 7.44. The fraction of sp³-hybridized carbons (Fsp3) is 0.0526. The molecule has 126 valence electrons. The molecule has 0 saturated carbocycles. The van der Waals surface area contributed by atoms with Gasteiger partial charge in [0.1, 0.15) is 23.1 Å². The summed E-state index contributed by atoms with van der Waals surface area (Å²) >= 11 is 0. The van der Waals surface area contributed by atoms with Crippen LogP contribution in [0.4, 0.5) is 10.2 Å². The summed E-state index contributed by atoms with van der Waals surface area (Å²) in [6.07, 6.45) is 1.50. The number of aromatic nitrogens is 1. The first-order valence-electron chi connectivity index (χ1n) is 7.63. The lowest BCUT2D eigenvalue weighted by Crippen LogP contribution is -2.24. The normalized spacial score (nSPS) is 10.3. The number of benzene rings is 2.